The van der Waals surface area contributed by atoms with Crippen LogP contribution in [0.15, 0.2) is 0 Å². The number of hydrogen-bond donors (Lipinski definition) is 3. The van der Waals surface area contributed by atoms with E-state index in [9.17, 15) is 9.59 Å². The van der Waals surface area contributed by atoms with Crippen LogP contribution in [0.25, 0.3) is 0 Å². The average Bonchev–Trinajstić information content (AvgIpc) is 2.19. The standard InChI is InChI=1S/C11H20N2O3/c1-2-8(7-12)6-9(14)13-11(10(15)16)4-3-5-11/h8H,2-7,12H2,1H3,(H,13,14)(H,15,16). The number of rotatable bonds is 6. The fourth-order valence-electron chi connectivity index (χ4n) is 1.90. The molecule has 1 amide bonds. The minimum absolute atomic E-state index is 0.144. The molecule has 1 atom stereocenters. The molecule has 0 heterocycles. The first-order valence-corrected chi connectivity index (χ1v) is 5.78. The lowest BCUT2D eigenvalue weighted by Crippen LogP contribution is -2.59. The van der Waals surface area contributed by atoms with E-state index in [1.807, 2.05) is 6.92 Å². The van der Waals surface area contributed by atoms with Gasteiger partial charge in [-0.2, -0.15) is 0 Å². The van der Waals surface area contributed by atoms with Gasteiger partial charge in [0.25, 0.3) is 0 Å². The number of carbonyl (C=O) groups excluding carboxylic acids is 1. The van der Waals surface area contributed by atoms with Crippen molar-refractivity contribution in [1.29, 1.82) is 0 Å². The maximum Gasteiger partial charge on any atom is 0.329 e. The SMILES string of the molecule is CCC(CN)CC(=O)NC1(C(=O)O)CCC1. The fourth-order valence-corrected chi connectivity index (χ4v) is 1.90. The van der Waals surface area contributed by atoms with E-state index < -0.39 is 11.5 Å². The Kier molecular flexibility index (Phi) is 4.29. The molecule has 1 aliphatic carbocycles. The van der Waals surface area contributed by atoms with Crippen LogP contribution in [0.2, 0.25) is 0 Å². The molecule has 0 aromatic rings. The summed E-state index contributed by atoms with van der Waals surface area (Å²) in [6.07, 6.45) is 3.09. The number of hydrogen-bond acceptors (Lipinski definition) is 3. The summed E-state index contributed by atoms with van der Waals surface area (Å²) in [5, 5.41) is 11.7. The Hall–Kier alpha value is -1.10. The van der Waals surface area contributed by atoms with Crippen LogP contribution in [-0.4, -0.2) is 29.1 Å². The van der Waals surface area contributed by atoms with Gasteiger partial charge in [-0.15, -0.1) is 0 Å². The Balaban J connectivity index is 2.47. The van der Waals surface area contributed by atoms with E-state index in [-0.39, 0.29) is 11.8 Å². The lowest BCUT2D eigenvalue weighted by Gasteiger charge is -2.38. The molecule has 5 heteroatoms. The predicted molar refractivity (Wildman–Crippen MR) is 59.8 cm³/mol. The van der Waals surface area contributed by atoms with Crippen molar-refractivity contribution in [2.24, 2.45) is 11.7 Å². The zero-order valence-electron chi connectivity index (χ0n) is 9.66. The average molecular weight is 228 g/mol. The Bertz CT molecular complexity index is 270. The monoisotopic (exact) mass is 228 g/mol. The first kappa shape index (κ1) is 13.0. The third-order valence-corrected chi connectivity index (χ3v) is 3.38. The van der Waals surface area contributed by atoms with Gasteiger partial charge >= 0.3 is 5.97 Å². The summed E-state index contributed by atoms with van der Waals surface area (Å²) >= 11 is 0. The van der Waals surface area contributed by atoms with E-state index in [0.717, 1.165) is 12.8 Å². The van der Waals surface area contributed by atoms with Crippen LogP contribution >= 0.6 is 0 Å². The highest BCUT2D eigenvalue weighted by Gasteiger charge is 2.45. The molecule has 0 bridgehead atoms. The second-order valence-corrected chi connectivity index (χ2v) is 4.50. The van der Waals surface area contributed by atoms with Gasteiger partial charge in [0.2, 0.25) is 5.91 Å². The Labute approximate surface area is 95.4 Å². The molecule has 1 fully saturated rings. The quantitative estimate of drug-likeness (QED) is 0.616. The molecule has 0 aliphatic heterocycles. The number of carboxylic acids is 1. The van der Waals surface area contributed by atoms with Gasteiger partial charge in [-0.1, -0.05) is 13.3 Å². The van der Waals surface area contributed by atoms with Crippen LogP contribution in [0.4, 0.5) is 0 Å². The normalized spacial score (nSPS) is 19.6. The molecule has 5 nitrogen and oxygen atoms in total. The largest absolute Gasteiger partial charge is 0.480 e. The van der Waals surface area contributed by atoms with Crippen molar-refractivity contribution in [3.63, 3.8) is 0 Å². The van der Waals surface area contributed by atoms with E-state index in [0.29, 0.717) is 25.8 Å². The molecule has 0 radical (unpaired) electrons. The van der Waals surface area contributed by atoms with Crippen LogP contribution in [0.3, 0.4) is 0 Å². The first-order chi connectivity index (χ1) is 7.54. The van der Waals surface area contributed by atoms with E-state index in [4.69, 9.17) is 10.8 Å². The molecule has 0 spiro atoms. The van der Waals surface area contributed by atoms with Crippen molar-refractivity contribution in [1.82, 2.24) is 5.32 Å². The summed E-state index contributed by atoms with van der Waals surface area (Å²) in [5.41, 5.74) is 4.51. The van der Waals surface area contributed by atoms with Gasteiger partial charge in [-0.3, -0.25) is 4.79 Å². The first-order valence-electron chi connectivity index (χ1n) is 5.78. The number of carbonyl (C=O) groups is 2. The maximum atomic E-state index is 11.7. The highest BCUT2D eigenvalue weighted by molar-refractivity contribution is 5.87. The zero-order valence-corrected chi connectivity index (χ0v) is 9.66. The van der Waals surface area contributed by atoms with Crippen LogP contribution in [-0.2, 0) is 9.59 Å². The third kappa shape index (κ3) is 2.72. The smallest absolute Gasteiger partial charge is 0.329 e. The summed E-state index contributed by atoms with van der Waals surface area (Å²) in [6, 6.07) is 0. The minimum atomic E-state index is -0.996. The van der Waals surface area contributed by atoms with Gasteiger partial charge in [-0.05, 0) is 31.7 Å². The van der Waals surface area contributed by atoms with E-state index in [1.54, 1.807) is 0 Å². The van der Waals surface area contributed by atoms with E-state index in [2.05, 4.69) is 5.32 Å². The van der Waals surface area contributed by atoms with Crippen LogP contribution in [0.1, 0.15) is 39.0 Å². The molecule has 1 saturated carbocycles. The second-order valence-electron chi connectivity index (χ2n) is 4.50. The predicted octanol–water partition coefficient (Wildman–Crippen LogP) is 0.485. The fraction of sp³-hybridized carbons (Fsp3) is 0.818. The molecule has 4 N–H and O–H groups in total. The molecule has 92 valence electrons. The van der Waals surface area contributed by atoms with Crippen molar-refractivity contribution >= 4 is 11.9 Å². The molecule has 1 aliphatic rings. The van der Waals surface area contributed by atoms with Crippen molar-refractivity contribution in [2.45, 2.75) is 44.6 Å². The van der Waals surface area contributed by atoms with Crippen LogP contribution < -0.4 is 11.1 Å². The molecular weight excluding hydrogens is 208 g/mol. The van der Waals surface area contributed by atoms with Crippen LogP contribution in [0.5, 0.6) is 0 Å². The topological polar surface area (TPSA) is 92.4 Å². The number of nitrogens with one attached hydrogen (secondary N) is 1. The van der Waals surface area contributed by atoms with Gasteiger partial charge in [0.1, 0.15) is 5.54 Å². The highest BCUT2D eigenvalue weighted by atomic mass is 16.4. The highest BCUT2D eigenvalue weighted by Crippen LogP contribution is 2.32. The third-order valence-electron chi connectivity index (χ3n) is 3.38. The molecule has 0 aromatic carbocycles. The molecule has 1 rings (SSSR count). The number of aliphatic carboxylic acids is 1. The van der Waals surface area contributed by atoms with Gasteiger partial charge < -0.3 is 16.2 Å². The number of nitrogens with two attached hydrogens (primary N) is 1. The molecule has 1 unspecified atom stereocenters. The lowest BCUT2D eigenvalue weighted by atomic mass is 9.76. The molecular formula is C11H20N2O3. The van der Waals surface area contributed by atoms with Crippen molar-refractivity contribution < 1.29 is 14.7 Å². The van der Waals surface area contributed by atoms with Gasteiger partial charge in [-0.25, -0.2) is 4.79 Å². The number of amides is 1. The Morgan fingerprint density at radius 1 is 1.50 bits per heavy atom. The van der Waals surface area contributed by atoms with Gasteiger partial charge in [0.15, 0.2) is 0 Å². The van der Waals surface area contributed by atoms with Gasteiger partial charge in [0, 0.05) is 6.42 Å². The summed E-state index contributed by atoms with van der Waals surface area (Å²) in [5.74, 6) is -0.974. The molecule has 16 heavy (non-hydrogen) atoms. The van der Waals surface area contributed by atoms with Crippen LogP contribution in [0, 0.1) is 5.92 Å². The van der Waals surface area contributed by atoms with Crippen molar-refractivity contribution in [3.05, 3.63) is 0 Å². The summed E-state index contributed by atoms with van der Waals surface area (Å²) < 4.78 is 0. The molecule has 0 aromatic heterocycles. The van der Waals surface area contributed by atoms with E-state index >= 15 is 0 Å². The zero-order chi connectivity index (χ0) is 12.2. The summed E-state index contributed by atoms with van der Waals surface area (Å²) in [6.45, 7) is 2.44. The molecule has 0 saturated heterocycles. The lowest BCUT2D eigenvalue weighted by molar-refractivity contribution is -0.151. The summed E-state index contributed by atoms with van der Waals surface area (Å²) in [4.78, 5) is 22.7. The second kappa shape index (κ2) is 5.30. The van der Waals surface area contributed by atoms with Crippen molar-refractivity contribution in [2.75, 3.05) is 6.54 Å². The number of carboxylic acid groups (broad SMARTS) is 1. The summed E-state index contributed by atoms with van der Waals surface area (Å²) in [7, 11) is 0. The van der Waals surface area contributed by atoms with Gasteiger partial charge in [0.05, 0.1) is 0 Å². The van der Waals surface area contributed by atoms with Crippen molar-refractivity contribution in [3.8, 4) is 0 Å². The Morgan fingerprint density at radius 3 is 2.44 bits per heavy atom. The Morgan fingerprint density at radius 2 is 2.12 bits per heavy atom. The maximum absolute atomic E-state index is 11.7. The van der Waals surface area contributed by atoms with E-state index in [1.165, 1.54) is 0 Å². The minimum Gasteiger partial charge on any atom is -0.480 e.